The molecule has 0 nitrogen and oxygen atoms in total. The van der Waals surface area contributed by atoms with E-state index >= 15 is 0 Å². The fraction of sp³-hybridized carbons (Fsp3) is 0.455. The van der Waals surface area contributed by atoms with E-state index in [1.807, 2.05) is 0 Å². The van der Waals surface area contributed by atoms with Crippen LogP contribution in [-0.2, 0) is 16.2 Å². The zero-order valence-corrected chi connectivity index (χ0v) is 28.2. The Morgan fingerprint density at radius 1 is 0.432 bits per heavy atom. The van der Waals surface area contributed by atoms with Crippen molar-refractivity contribution in [2.45, 2.75) is 114 Å². The van der Waals surface area contributed by atoms with E-state index in [4.69, 9.17) is 0 Å². The molecule has 0 atom stereocenters. The van der Waals surface area contributed by atoms with Crippen LogP contribution < -0.4 is 0 Å². The molecule has 0 amide bonds. The molecule has 3 aromatic rings. The van der Waals surface area contributed by atoms with Crippen molar-refractivity contribution < 1.29 is 0 Å². The van der Waals surface area contributed by atoms with E-state index in [0.717, 1.165) is 0 Å². The summed E-state index contributed by atoms with van der Waals surface area (Å²) < 4.78 is 0. The van der Waals surface area contributed by atoms with Crippen molar-refractivity contribution >= 4 is 39.7 Å². The highest BCUT2D eigenvalue weighted by molar-refractivity contribution is 9.12. The molecular weight excluding hydrogens is 524 g/mol. The SMILES string of the molecule is Cc1cc(C(C)(C)C)ccc1SP(Sc1ccc(C(C)(C)C)cc1C)Sc1ccc(C(C)(C)C)cc1C. The lowest BCUT2D eigenvalue weighted by Crippen LogP contribution is -2.11. The summed E-state index contributed by atoms with van der Waals surface area (Å²) >= 11 is 6.16. The van der Waals surface area contributed by atoms with Crippen molar-refractivity contribution in [3.05, 3.63) is 88.0 Å². The van der Waals surface area contributed by atoms with Gasteiger partial charge in [0.2, 0.25) is 0 Å². The molecule has 0 bridgehead atoms. The van der Waals surface area contributed by atoms with Gasteiger partial charge in [-0.2, -0.15) is 0 Å². The third-order valence-electron chi connectivity index (χ3n) is 6.64. The number of benzene rings is 3. The van der Waals surface area contributed by atoms with E-state index < -0.39 is 5.53 Å². The first-order valence-electron chi connectivity index (χ1n) is 13.1. The van der Waals surface area contributed by atoms with Crippen LogP contribution in [0.15, 0.2) is 69.3 Å². The second kappa shape index (κ2) is 11.7. The predicted octanol–water partition coefficient (Wildman–Crippen LogP) is 12.4. The van der Waals surface area contributed by atoms with Crippen molar-refractivity contribution in [3.63, 3.8) is 0 Å². The summed E-state index contributed by atoms with van der Waals surface area (Å²) in [5, 5.41) is 0. The lowest BCUT2D eigenvalue weighted by Gasteiger charge is -2.24. The van der Waals surface area contributed by atoms with E-state index in [-0.39, 0.29) is 16.2 Å². The monoisotopic (exact) mass is 568 g/mol. The van der Waals surface area contributed by atoms with Crippen molar-refractivity contribution in [2.24, 2.45) is 0 Å². The van der Waals surface area contributed by atoms with E-state index in [0.29, 0.717) is 0 Å². The third-order valence-corrected chi connectivity index (χ3v) is 16.2. The molecule has 3 rings (SSSR count). The van der Waals surface area contributed by atoms with Crippen LogP contribution in [0.4, 0.5) is 0 Å². The Labute approximate surface area is 240 Å². The summed E-state index contributed by atoms with van der Waals surface area (Å²) in [5.74, 6) is 0. The largest absolute Gasteiger partial charge is 0.0877 e. The van der Waals surface area contributed by atoms with Crippen LogP contribution in [0.25, 0.3) is 0 Å². The highest BCUT2D eigenvalue weighted by Gasteiger charge is 2.22. The number of hydrogen-bond donors (Lipinski definition) is 0. The maximum atomic E-state index is 2.39. The van der Waals surface area contributed by atoms with Crippen LogP contribution in [0.3, 0.4) is 0 Å². The molecule has 0 aliphatic rings. The van der Waals surface area contributed by atoms with E-state index in [1.165, 1.54) is 48.1 Å². The molecule has 0 N–H and O–H groups in total. The Hall–Kier alpha value is -0.860. The van der Waals surface area contributed by atoms with Gasteiger partial charge in [-0.15, -0.1) is 0 Å². The smallest absolute Gasteiger partial charge is 0.0751 e. The Kier molecular flexibility index (Phi) is 9.71. The van der Waals surface area contributed by atoms with Crippen LogP contribution >= 0.6 is 39.7 Å². The van der Waals surface area contributed by atoms with Gasteiger partial charge in [-0.1, -0.05) is 133 Å². The van der Waals surface area contributed by atoms with Gasteiger partial charge in [0.05, 0.1) is 5.53 Å². The molecular formula is C33H45PS3. The summed E-state index contributed by atoms with van der Waals surface area (Å²) in [6, 6.07) is 21.2. The van der Waals surface area contributed by atoms with Gasteiger partial charge < -0.3 is 0 Å². The highest BCUT2D eigenvalue weighted by atomic mass is 33.4. The molecule has 0 unspecified atom stereocenters. The van der Waals surface area contributed by atoms with Gasteiger partial charge in [-0.25, -0.2) is 0 Å². The molecule has 3 aromatic carbocycles. The minimum Gasteiger partial charge on any atom is -0.0751 e. The van der Waals surface area contributed by atoms with Gasteiger partial charge >= 0.3 is 0 Å². The Bertz CT molecular complexity index is 1080. The molecule has 0 aliphatic heterocycles. The van der Waals surface area contributed by atoms with E-state index in [2.05, 4.69) is 172 Å². The molecule has 0 aromatic heterocycles. The van der Waals surface area contributed by atoms with Crippen LogP contribution in [0.5, 0.6) is 0 Å². The van der Waals surface area contributed by atoms with Crippen LogP contribution in [0, 0.1) is 20.8 Å². The topological polar surface area (TPSA) is 0 Å². The van der Waals surface area contributed by atoms with E-state index in [9.17, 15) is 0 Å². The number of rotatable bonds is 6. The lowest BCUT2D eigenvalue weighted by atomic mass is 9.86. The second-order valence-electron chi connectivity index (χ2n) is 13.2. The first-order valence-corrected chi connectivity index (χ1v) is 18.7. The zero-order chi connectivity index (χ0) is 27.8. The summed E-state index contributed by atoms with van der Waals surface area (Å²) in [4.78, 5) is 4.19. The summed E-state index contributed by atoms with van der Waals surface area (Å²) in [5.41, 5.74) is 8.35. The molecule has 0 spiro atoms. The van der Waals surface area contributed by atoms with Crippen LogP contribution in [0.1, 0.15) is 95.7 Å². The highest BCUT2D eigenvalue weighted by Crippen LogP contribution is 2.76. The van der Waals surface area contributed by atoms with Crippen molar-refractivity contribution in [1.29, 1.82) is 0 Å². The summed E-state index contributed by atoms with van der Waals surface area (Å²) in [7, 11) is 0. The molecule has 0 aliphatic carbocycles. The van der Waals surface area contributed by atoms with Crippen molar-refractivity contribution in [1.82, 2.24) is 0 Å². The van der Waals surface area contributed by atoms with Crippen molar-refractivity contribution in [2.75, 3.05) is 0 Å². The minimum absolute atomic E-state index is 0.167. The van der Waals surface area contributed by atoms with Gasteiger partial charge in [0, 0.05) is 14.7 Å². The standard InChI is InChI=1S/C33H45PS3/c1-22-19-25(31(4,5)6)13-16-28(22)35-34(36-29-17-14-26(20-23(29)2)32(7,8)9)37-30-18-15-27(21-24(30)3)33(10,11)12/h13-21H,1-12H3. The molecule has 200 valence electrons. The average molecular weight is 569 g/mol. The van der Waals surface area contributed by atoms with Gasteiger partial charge in [0.15, 0.2) is 0 Å². The quantitative estimate of drug-likeness (QED) is 0.271. The first kappa shape index (κ1) is 30.7. The van der Waals surface area contributed by atoms with Crippen LogP contribution in [0.2, 0.25) is 0 Å². The van der Waals surface area contributed by atoms with Gasteiger partial charge in [0.25, 0.3) is 0 Å². The normalized spacial score (nSPS) is 12.9. The third kappa shape index (κ3) is 8.31. The summed E-state index contributed by atoms with van der Waals surface area (Å²) in [6.45, 7) is 27.4. The molecule has 37 heavy (non-hydrogen) atoms. The molecule has 0 saturated heterocycles. The van der Waals surface area contributed by atoms with Gasteiger partial charge in [-0.3, -0.25) is 0 Å². The zero-order valence-electron chi connectivity index (χ0n) is 24.9. The molecule has 4 heteroatoms. The maximum absolute atomic E-state index is 2.39. The average Bonchev–Trinajstić information content (AvgIpc) is 2.75. The van der Waals surface area contributed by atoms with Crippen LogP contribution in [-0.4, -0.2) is 0 Å². The number of aryl methyl sites for hydroxylation is 3. The predicted molar refractivity (Wildman–Crippen MR) is 174 cm³/mol. The van der Waals surface area contributed by atoms with Crippen molar-refractivity contribution in [3.8, 4) is 0 Å². The minimum atomic E-state index is -0.501. The Morgan fingerprint density at radius 3 is 0.865 bits per heavy atom. The van der Waals surface area contributed by atoms with Gasteiger partial charge in [-0.05, 0) is 88.6 Å². The van der Waals surface area contributed by atoms with Gasteiger partial charge in [0.1, 0.15) is 0 Å². The summed E-state index contributed by atoms with van der Waals surface area (Å²) in [6.07, 6.45) is 0. The molecule has 0 radical (unpaired) electrons. The molecule has 0 saturated carbocycles. The molecule has 0 heterocycles. The first-order chi connectivity index (χ1) is 16.9. The number of hydrogen-bond acceptors (Lipinski definition) is 3. The van der Waals surface area contributed by atoms with E-state index in [1.54, 1.807) is 0 Å². The fourth-order valence-electron chi connectivity index (χ4n) is 3.95. The Morgan fingerprint density at radius 2 is 0.676 bits per heavy atom. The Balaban J connectivity index is 1.96. The lowest BCUT2D eigenvalue weighted by molar-refractivity contribution is 0.589. The molecule has 0 fully saturated rings. The second-order valence-corrected chi connectivity index (χ2v) is 22.5. The fourth-order valence-corrected chi connectivity index (χ4v) is 14.5. The maximum Gasteiger partial charge on any atom is 0.0877 e.